The Labute approximate surface area is 202 Å². The second-order valence-corrected chi connectivity index (χ2v) is 10.5. The van der Waals surface area contributed by atoms with Gasteiger partial charge < -0.3 is 5.11 Å². The normalized spacial score (nSPS) is 16.5. The van der Waals surface area contributed by atoms with Gasteiger partial charge in [-0.2, -0.15) is 0 Å². The molecule has 0 radical (unpaired) electrons. The molecule has 0 saturated carbocycles. The molecule has 0 aliphatic carbocycles. The van der Waals surface area contributed by atoms with Gasteiger partial charge in [-0.1, -0.05) is 87.5 Å². The second-order valence-electron chi connectivity index (χ2n) is 9.52. The lowest BCUT2D eigenvalue weighted by molar-refractivity contribution is -0.117. The highest BCUT2D eigenvalue weighted by atomic mass is 32.1. The summed E-state index contributed by atoms with van der Waals surface area (Å²) in [6, 6.07) is 24.3. The summed E-state index contributed by atoms with van der Waals surface area (Å²) in [4.78, 5) is 29.1. The summed E-state index contributed by atoms with van der Waals surface area (Å²) in [6.45, 7) is 6.42. The van der Waals surface area contributed by atoms with E-state index in [1.807, 2.05) is 72.1 Å². The Morgan fingerprint density at radius 1 is 0.912 bits per heavy atom. The number of aliphatic hydroxyl groups is 1. The first kappa shape index (κ1) is 22.1. The molecule has 5 heteroatoms. The molecule has 2 heterocycles. The molecule has 170 valence electrons. The molecule has 1 amide bonds. The van der Waals surface area contributed by atoms with Crippen molar-refractivity contribution in [2.45, 2.75) is 32.2 Å². The van der Waals surface area contributed by atoms with Crippen LogP contribution in [0.4, 0.5) is 5.69 Å². The van der Waals surface area contributed by atoms with E-state index in [-0.39, 0.29) is 16.8 Å². The lowest BCUT2D eigenvalue weighted by Gasteiger charge is -2.28. The molecule has 1 N–H and O–H groups in total. The number of Topliss-reactive ketones (excluding diaryl/α,β-unsaturated/α-hetero) is 1. The fraction of sp³-hybridized carbons (Fsp3) is 0.172. The van der Waals surface area contributed by atoms with Crippen molar-refractivity contribution in [2.24, 2.45) is 0 Å². The van der Waals surface area contributed by atoms with Gasteiger partial charge in [0.1, 0.15) is 0 Å². The summed E-state index contributed by atoms with van der Waals surface area (Å²) in [6.07, 6.45) is 0. The number of ketones is 1. The number of hydrogen-bond donors (Lipinski definition) is 1. The molecular weight excluding hydrogens is 442 g/mol. The number of benzene rings is 3. The van der Waals surface area contributed by atoms with Gasteiger partial charge in [0.05, 0.1) is 22.2 Å². The fourth-order valence-corrected chi connectivity index (χ4v) is 5.20. The van der Waals surface area contributed by atoms with Crippen LogP contribution in [0.1, 0.15) is 47.6 Å². The first-order chi connectivity index (χ1) is 16.3. The van der Waals surface area contributed by atoms with Crippen LogP contribution in [-0.2, 0) is 10.2 Å². The zero-order chi connectivity index (χ0) is 24.0. The molecule has 1 unspecified atom stereocenters. The van der Waals surface area contributed by atoms with E-state index in [2.05, 4.69) is 20.8 Å². The van der Waals surface area contributed by atoms with Gasteiger partial charge in [-0.3, -0.25) is 14.5 Å². The molecule has 34 heavy (non-hydrogen) atoms. The van der Waals surface area contributed by atoms with E-state index in [1.165, 1.54) is 11.3 Å². The quantitative estimate of drug-likeness (QED) is 0.329. The number of amides is 1. The first-order valence-corrected chi connectivity index (χ1v) is 12.1. The molecule has 0 saturated heterocycles. The number of carbonyl (C=O) groups is 2. The minimum atomic E-state index is -0.734. The molecule has 0 spiro atoms. The van der Waals surface area contributed by atoms with Gasteiger partial charge in [-0.15, -0.1) is 11.3 Å². The molecule has 1 aromatic heterocycles. The maximum Gasteiger partial charge on any atom is 0.294 e. The second kappa shape index (κ2) is 8.26. The van der Waals surface area contributed by atoms with E-state index in [0.29, 0.717) is 10.6 Å². The van der Waals surface area contributed by atoms with Crippen LogP contribution in [0.15, 0.2) is 95.6 Å². The zero-order valence-corrected chi connectivity index (χ0v) is 20.1. The van der Waals surface area contributed by atoms with E-state index >= 15 is 0 Å². The van der Waals surface area contributed by atoms with E-state index in [9.17, 15) is 14.7 Å². The van der Waals surface area contributed by atoms with E-state index in [4.69, 9.17) is 0 Å². The van der Waals surface area contributed by atoms with Crippen LogP contribution < -0.4 is 4.90 Å². The summed E-state index contributed by atoms with van der Waals surface area (Å²) in [5.74, 6) is -1.38. The standard InChI is InChI=1S/C29H25NO3S/c1-29(2,3)20-15-13-19(14-16-20)25-24(26(31)23-12-7-17-34-23)27(32)28(33)30(25)22-11-6-9-18-8-4-5-10-21(18)22/h4-17,25,32H,1-3H3. The van der Waals surface area contributed by atoms with Gasteiger partial charge in [0, 0.05) is 5.39 Å². The van der Waals surface area contributed by atoms with Crippen molar-refractivity contribution >= 4 is 39.5 Å². The number of anilines is 1. The van der Waals surface area contributed by atoms with Crippen LogP contribution >= 0.6 is 11.3 Å². The monoisotopic (exact) mass is 467 g/mol. The molecule has 1 atom stereocenters. The number of hydrogen-bond acceptors (Lipinski definition) is 4. The number of rotatable bonds is 4. The van der Waals surface area contributed by atoms with Crippen molar-refractivity contribution in [3.63, 3.8) is 0 Å². The van der Waals surface area contributed by atoms with Crippen LogP contribution in [0, 0.1) is 0 Å². The molecule has 0 fully saturated rings. The van der Waals surface area contributed by atoms with Crippen molar-refractivity contribution in [3.8, 4) is 0 Å². The third-order valence-corrected chi connectivity index (χ3v) is 7.18. The smallest absolute Gasteiger partial charge is 0.294 e. The third-order valence-electron chi connectivity index (χ3n) is 6.32. The Morgan fingerprint density at radius 2 is 1.62 bits per heavy atom. The molecular formula is C29H25NO3S. The Morgan fingerprint density at radius 3 is 2.29 bits per heavy atom. The van der Waals surface area contributed by atoms with Gasteiger partial charge in [-0.25, -0.2) is 0 Å². The highest BCUT2D eigenvalue weighted by molar-refractivity contribution is 7.12. The predicted octanol–water partition coefficient (Wildman–Crippen LogP) is 6.98. The third kappa shape index (κ3) is 3.62. The molecule has 4 aromatic rings. The van der Waals surface area contributed by atoms with Gasteiger partial charge in [-0.05, 0) is 39.4 Å². The zero-order valence-electron chi connectivity index (χ0n) is 19.3. The largest absolute Gasteiger partial charge is 0.503 e. The maximum atomic E-state index is 13.5. The molecule has 1 aliphatic rings. The van der Waals surface area contributed by atoms with Crippen LogP contribution in [0.25, 0.3) is 10.8 Å². The number of nitrogens with zero attached hydrogens (tertiary/aromatic N) is 1. The molecule has 1 aliphatic heterocycles. The van der Waals surface area contributed by atoms with Crippen molar-refractivity contribution in [1.82, 2.24) is 0 Å². The topological polar surface area (TPSA) is 57.6 Å². The summed E-state index contributed by atoms with van der Waals surface area (Å²) in [5.41, 5.74) is 2.67. The number of aliphatic hydroxyl groups excluding tert-OH is 1. The Bertz CT molecular complexity index is 1420. The lowest BCUT2D eigenvalue weighted by Crippen LogP contribution is -2.31. The first-order valence-electron chi connectivity index (χ1n) is 11.2. The molecule has 3 aromatic carbocycles. The van der Waals surface area contributed by atoms with Crippen molar-refractivity contribution in [1.29, 1.82) is 0 Å². The summed E-state index contributed by atoms with van der Waals surface area (Å²) >= 11 is 1.30. The van der Waals surface area contributed by atoms with Gasteiger partial charge in [0.2, 0.25) is 5.78 Å². The highest BCUT2D eigenvalue weighted by Crippen LogP contribution is 2.44. The van der Waals surface area contributed by atoms with Crippen molar-refractivity contribution in [2.75, 3.05) is 4.90 Å². The van der Waals surface area contributed by atoms with Crippen molar-refractivity contribution in [3.05, 3.63) is 112 Å². The average molecular weight is 468 g/mol. The van der Waals surface area contributed by atoms with E-state index in [0.717, 1.165) is 21.9 Å². The summed E-state index contributed by atoms with van der Waals surface area (Å²) in [5, 5.41) is 14.7. The summed E-state index contributed by atoms with van der Waals surface area (Å²) < 4.78 is 0. The Balaban J connectivity index is 1.71. The Kier molecular flexibility index (Phi) is 5.37. The van der Waals surface area contributed by atoms with Gasteiger partial charge in [0.25, 0.3) is 5.91 Å². The summed E-state index contributed by atoms with van der Waals surface area (Å²) in [7, 11) is 0. The highest BCUT2D eigenvalue weighted by Gasteiger charge is 2.45. The fourth-order valence-electron chi connectivity index (χ4n) is 4.53. The minimum Gasteiger partial charge on any atom is -0.503 e. The molecule has 4 nitrogen and oxygen atoms in total. The van der Waals surface area contributed by atoms with Crippen LogP contribution in [0.3, 0.4) is 0 Å². The average Bonchev–Trinajstić information content (AvgIpc) is 3.45. The number of fused-ring (bicyclic) bond motifs is 1. The van der Waals surface area contributed by atoms with Crippen molar-refractivity contribution < 1.29 is 14.7 Å². The van der Waals surface area contributed by atoms with E-state index < -0.39 is 17.7 Å². The van der Waals surface area contributed by atoms with E-state index in [1.54, 1.807) is 17.0 Å². The SMILES string of the molecule is CC(C)(C)c1ccc(C2C(C(=O)c3cccs3)=C(O)C(=O)N2c2cccc3ccccc23)cc1. The number of carbonyl (C=O) groups excluding carboxylic acids is 2. The van der Waals surface area contributed by atoms with Gasteiger partial charge >= 0.3 is 0 Å². The minimum absolute atomic E-state index is 0.0348. The lowest BCUT2D eigenvalue weighted by atomic mass is 9.85. The van der Waals surface area contributed by atoms with Crippen LogP contribution in [0.5, 0.6) is 0 Å². The molecule has 5 rings (SSSR count). The maximum absolute atomic E-state index is 13.5. The predicted molar refractivity (Wildman–Crippen MR) is 138 cm³/mol. The number of thiophene rings is 1. The van der Waals surface area contributed by atoms with Gasteiger partial charge in [0.15, 0.2) is 5.76 Å². The Hall–Kier alpha value is -3.70. The van der Waals surface area contributed by atoms with Crippen LogP contribution in [-0.4, -0.2) is 16.8 Å². The van der Waals surface area contributed by atoms with Crippen LogP contribution in [0.2, 0.25) is 0 Å². The molecule has 0 bridgehead atoms.